The van der Waals surface area contributed by atoms with Gasteiger partial charge < -0.3 is 5.11 Å². The summed E-state index contributed by atoms with van der Waals surface area (Å²) in [6.07, 6.45) is 0. The van der Waals surface area contributed by atoms with Crippen LogP contribution in [0.25, 0.3) is 16.7 Å². The number of hydrogen-bond donors (Lipinski definition) is 1. The highest BCUT2D eigenvalue weighted by atomic mass is 16.3. The highest BCUT2D eigenvalue weighted by Gasteiger charge is 2.53. The van der Waals surface area contributed by atoms with Crippen LogP contribution in [-0.2, 0) is 9.59 Å². The molecule has 0 unspecified atom stereocenters. The van der Waals surface area contributed by atoms with Gasteiger partial charge in [0.1, 0.15) is 5.76 Å². The molecule has 0 fully saturated rings. The molecule has 0 atom stereocenters. The lowest BCUT2D eigenvalue weighted by Gasteiger charge is -2.39. The summed E-state index contributed by atoms with van der Waals surface area (Å²) in [4.78, 5) is 25.9. The Kier molecular flexibility index (Phi) is 4.38. The molecule has 1 aliphatic carbocycles. The van der Waals surface area contributed by atoms with E-state index in [1.807, 2.05) is 56.3 Å². The summed E-state index contributed by atoms with van der Waals surface area (Å²) in [6, 6.07) is 14.1. The zero-order valence-corrected chi connectivity index (χ0v) is 16.8. The third kappa shape index (κ3) is 2.82. The molecule has 0 aliphatic heterocycles. The SMILES string of the molecule is Cc1cc(-c2ccccc2)cc(C)c1C1=C(O)C(C)(C)C(=O)C(C)(C)C1=O. The number of Topliss-reactive ketones (excluding diaryl/α,β-unsaturated/α-hetero) is 2. The molecule has 0 aromatic heterocycles. The van der Waals surface area contributed by atoms with Crippen LogP contribution in [0.3, 0.4) is 0 Å². The van der Waals surface area contributed by atoms with Gasteiger partial charge in [0.15, 0.2) is 11.6 Å². The van der Waals surface area contributed by atoms with Gasteiger partial charge in [0.05, 0.1) is 16.4 Å². The number of rotatable bonds is 2. The zero-order chi connectivity index (χ0) is 20.1. The fourth-order valence-corrected chi connectivity index (χ4v) is 4.11. The summed E-state index contributed by atoms with van der Waals surface area (Å²) >= 11 is 0. The average Bonchev–Trinajstić information content (AvgIpc) is 2.62. The largest absolute Gasteiger partial charge is 0.510 e. The van der Waals surface area contributed by atoms with Gasteiger partial charge >= 0.3 is 0 Å². The molecule has 1 aliphatic rings. The van der Waals surface area contributed by atoms with Crippen LogP contribution in [0.1, 0.15) is 44.4 Å². The fourth-order valence-electron chi connectivity index (χ4n) is 4.11. The molecule has 0 heterocycles. The van der Waals surface area contributed by atoms with Crippen molar-refractivity contribution in [2.45, 2.75) is 41.5 Å². The molecule has 2 aromatic rings. The Morgan fingerprint density at radius 2 is 1.30 bits per heavy atom. The first kappa shape index (κ1) is 19.1. The molecule has 3 nitrogen and oxygen atoms in total. The molecule has 0 spiro atoms. The normalized spacial score (nSPS) is 18.7. The minimum atomic E-state index is -1.16. The Bertz CT molecular complexity index is 953. The minimum absolute atomic E-state index is 0.129. The molecule has 2 aromatic carbocycles. The Morgan fingerprint density at radius 1 is 0.778 bits per heavy atom. The van der Waals surface area contributed by atoms with Gasteiger partial charge in [-0.25, -0.2) is 0 Å². The van der Waals surface area contributed by atoms with E-state index in [0.717, 1.165) is 27.8 Å². The fraction of sp³-hybridized carbons (Fsp3) is 0.333. The quantitative estimate of drug-likeness (QED) is 0.723. The Hall–Kier alpha value is -2.68. The second kappa shape index (κ2) is 6.19. The number of hydrogen-bond acceptors (Lipinski definition) is 3. The maximum Gasteiger partial charge on any atom is 0.179 e. The number of ketones is 2. The maximum atomic E-state index is 13.2. The highest BCUT2D eigenvalue weighted by Crippen LogP contribution is 2.47. The van der Waals surface area contributed by atoms with Crippen LogP contribution >= 0.6 is 0 Å². The van der Waals surface area contributed by atoms with E-state index < -0.39 is 10.8 Å². The molecule has 0 saturated carbocycles. The molecule has 0 saturated heterocycles. The predicted molar refractivity (Wildman–Crippen MR) is 108 cm³/mol. The van der Waals surface area contributed by atoms with Crippen molar-refractivity contribution in [2.24, 2.45) is 10.8 Å². The topological polar surface area (TPSA) is 54.4 Å². The number of benzene rings is 2. The lowest BCUT2D eigenvalue weighted by atomic mass is 9.62. The van der Waals surface area contributed by atoms with Gasteiger partial charge in [-0.2, -0.15) is 0 Å². The third-order valence-electron chi connectivity index (χ3n) is 5.65. The molecule has 0 amide bonds. The molecule has 1 N–H and O–H groups in total. The standard InChI is InChI=1S/C24H26O3/c1-14-12-17(16-10-8-7-9-11-16)13-15(2)18(14)19-20(25)23(3,4)22(27)24(5,6)21(19)26/h7-13,25H,1-6H3. The molecule has 0 radical (unpaired) electrons. The van der Waals surface area contributed by atoms with Crippen molar-refractivity contribution in [3.63, 3.8) is 0 Å². The van der Waals surface area contributed by atoms with Crippen molar-refractivity contribution in [3.8, 4) is 11.1 Å². The lowest BCUT2D eigenvalue weighted by molar-refractivity contribution is -0.143. The van der Waals surface area contributed by atoms with Crippen LogP contribution in [-0.4, -0.2) is 16.7 Å². The summed E-state index contributed by atoms with van der Waals surface area (Å²) < 4.78 is 0. The number of carbonyl (C=O) groups is 2. The van der Waals surface area contributed by atoms with Crippen LogP contribution < -0.4 is 0 Å². The average molecular weight is 362 g/mol. The van der Waals surface area contributed by atoms with E-state index in [1.165, 1.54) is 0 Å². The van der Waals surface area contributed by atoms with E-state index in [-0.39, 0.29) is 22.9 Å². The van der Waals surface area contributed by atoms with Crippen molar-refractivity contribution >= 4 is 17.1 Å². The summed E-state index contributed by atoms with van der Waals surface area (Å²) in [5, 5.41) is 10.9. The first-order chi connectivity index (χ1) is 12.5. The van der Waals surface area contributed by atoms with Crippen molar-refractivity contribution in [1.29, 1.82) is 0 Å². The second-order valence-corrected chi connectivity index (χ2v) is 8.48. The van der Waals surface area contributed by atoms with Crippen LogP contribution in [0.2, 0.25) is 0 Å². The Labute approximate surface area is 160 Å². The van der Waals surface area contributed by atoms with E-state index >= 15 is 0 Å². The second-order valence-electron chi connectivity index (χ2n) is 8.48. The van der Waals surface area contributed by atoms with E-state index in [1.54, 1.807) is 27.7 Å². The van der Waals surface area contributed by atoms with Crippen LogP contribution in [0.5, 0.6) is 0 Å². The maximum absolute atomic E-state index is 13.2. The molecule has 3 rings (SSSR count). The van der Waals surface area contributed by atoms with Gasteiger partial charge in [-0.1, -0.05) is 42.5 Å². The highest BCUT2D eigenvalue weighted by molar-refractivity contribution is 6.34. The smallest absolute Gasteiger partial charge is 0.179 e. The number of allylic oxidation sites excluding steroid dienone is 2. The summed E-state index contributed by atoms with van der Waals surface area (Å²) in [5.41, 5.74) is 2.72. The number of aryl methyl sites for hydroxylation is 2. The van der Waals surface area contributed by atoms with Crippen molar-refractivity contribution in [1.82, 2.24) is 0 Å². The molecule has 140 valence electrons. The lowest BCUT2D eigenvalue weighted by Crippen LogP contribution is -2.48. The van der Waals surface area contributed by atoms with Crippen LogP contribution in [0, 0.1) is 24.7 Å². The third-order valence-corrected chi connectivity index (χ3v) is 5.65. The van der Waals surface area contributed by atoms with E-state index in [4.69, 9.17) is 0 Å². The minimum Gasteiger partial charge on any atom is -0.510 e. The number of aliphatic hydroxyl groups is 1. The first-order valence-corrected chi connectivity index (χ1v) is 9.20. The van der Waals surface area contributed by atoms with Crippen molar-refractivity contribution < 1.29 is 14.7 Å². The zero-order valence-electron chi connectivity index (χ0n) is 16.8. The Balaban J connectivity index is 2.26. The summed E-state index contributed by atoms with van der Waals surface area (Å²) in [7, 11) is 0. The van der Waals surface area contributed by atoms with Gasteiger partial charge in [-0.15, -0.1) is 0 Å². The van der Waals surface area contributed by atoms with Crippen LogP contribution in [0.4, 0.5) is 0 Å². The van der Waals surface area contributed by atoms with E-state index in [9.17, 15) is 14.7 Å². The van der Waals surface area contributed by atoms with Gasteiger partial charge in [-0.3, -0.25) is 9.59 Å². The van der Waals surface area contributed by atoms with Gasteiger partial charge in [0, 0.05) is 0 Å². The van der Waals surface area contributed by atoms with E-state index in [0.29, 0.717) is 0 Å². The molecule has 0 bridgehead atoms. The monoisotopic (exact) mass is 362 g/mol. The van der Waals surface area contributed by atoms with Gasteiger partial charge in [-0.05, 0) is 69.4 Å². The van der Waals surface area contributed by atoms with E-state index in [2.05, 4.69) is 0 Å². The first-order valence-electron chi connectivity index (χ1n) is 9.20. The van der Waals surface area contributed by atoms with Crippen molar-refractivity contribution in [2.75, 3.05) is 0 Å². The predicted octanol–water partition coefficient (Wildman–Crippen LogP) is 5.44. The molecular formula is C24H26O3. The number of carbonyl (C=O) groups excluding carboxylic acids is 2. The summed E-state index contributed by atoms with van der Waals surface area (Å²) in [5.74, 6) is -0.698. The van der Waals surface area contributed by atoms with Gasteiger partial charge in [0.2, 0.25) is 0 Å². The number of aliphatic hydroxyl groups excluding tert-OH is 1. The Morgan fingerprint density at radius 3 is 1.81 bits per heavy atom. The summed E-state index contributed by atoms with van der Waals surface area (Å²) in [6.45, 7) is 10.5. The van der Waals surface area contributed by atoms with Crippen LogP contribution in [0.15, 0.2) is 48.2 Å². The van der Waals surface area contributed by atoms with Crippen molar-refractivity contribution in [3.05, 3.63) is 64.9 Å². The van der Waals surface area contributed by atoms with Gasteiger partial charge in [0.25, 0.3) is 0 Å². The molecule has 27 heavy (non-hydrogen) atoms. The molecule has 3 heteroatoms. The molecular weight excluding hydrogens is 336 g/mol.